The van der Waals surface area contributed by atoms with Gasteiger partial charge in [-0.05, 0) is 31.9 Å². The van der Waals surface area contributed by atoms with Crippen molar-refractivity contribution in [1.29, 1.82) is 0 Å². The number of carboxylic acids is 1. The number of carbonyl (C=O) groups is 1. The molecular formula is C13H18ClNO3. The molecule has 18 heavy (non-hydrogen) atoms. The molecule has 5 heteroatoms. The average Bonchev–Trinajstić information content (AvgIpc) is 2.19. The standard InChI is InChI=1S/C13H17NO3.ClH/c1-7(2)4-11(14)9-5-8(3)6-10(12(9)15)13(16)17;/h5-6,11,15H,1,4,14H2,2-3H3,(H,16,17);1H/t11-;/m1./s1. The molecule has 0 aromatic heterocycles. The van der Waals surface area contributed by atoms with E-state index in [0.717, 1.165) is 11.1 Å². The van der Waals surface area contributed by atoms with Gasteiger partial charge in [-0.25, -0.2) is 4.79 Å². The lowest BCUT2D eigenvalue weighted by Gasteiger charge is -2.16. The average molecular weight is 272 g/mol. The molecule has 1 atom stereocenters. The van der Waals surface area contributed by atoms with Crippen molar-refractivity contribution in [3.05, 3.63) is 41.0 Å². The molecule has 4 N–H and O–H groups in total. The molecular weight excluding hydrogens is 254 g/mol. The fourth-order valence-electron chi connectivity index (χ4n) is 1.74. The van der Waals surface area contributed by atoms with Crippen LogP contribution in [0.4, 0.5) is 0 Å². The predicted octanol–water partition coefficient (Wildman–Crippen LogP) is 2.79. The lowest BCUT2D eigenvalue weighted by Crippen LogP contribution is -2.12. The zero-order chi connectivity index (χ0) is 13.2. The number of aromatic carboxylic acids is 1. The summed E-state index contributed by atoms with van der Waals surface area (Å²) in [5, 5.41) is 18.8. The van der Waals surface area contributed by atoms with Crippen molar-refractivity contribution in [3.8, 4) is 5.75 Å². The van der Waals surface area contributed by atoms with Crippen LogP contribution in [0.1, 0.15) is 40.9 Å². The van der Waals surface area contributed by atoms with Crippen molar-refractivity contribution >= 4 is 18.4 Å². The van der Waals surface area contributed by atoms with Crippen molar-refractivity contribution in [3.63, 3.8) is 0 Å². The van der Waals surface area contributed by atoms with E-state index in [1.807, 2.05) is 6.92 Å². The van der Waals surface area contributed by atoms with Crippen LogP contribution < -0.4 is 5.73 Å². The number of carboxylic acid groups (broad SMARTS) is 1. The maximum absolute atomic E-state index is 11.0. The second-order valence-electron chi connectivity index (χ2n) is 4.32. The van der Waals surface area contributed by atoms with E-state index >= 15 is 0 Å². The lowest BCUT2D eigenvalue weighted by molar-refractivity contribution is 0.0693. The summed E-state index contributed by atoms with van der Waals surface area (Å²) in [5.41, 5.74) is 7.90. The molecule has 0 saturated carbocycles. The van der Waals surface area contributed by atoms with Gasteiger partial charge in [0.15, 0.2) is 0 Å². The molecule has 1 rings (SSSR count). The Morgan fingerprint density at radius 3 is 2.50 bits per heavy atom. The van der Waals surface area contributed by atoms with Crippen LogP contribution in [0.15, 0.2) is 24.3 Å². The molecule has 0 unspecified atom stereocenters. The smallest absolute Gasteiger partial charge is 0.339 e. The van der Waals surface area contributed by atoms with Gasteiger partial charge in [-0.3, -0.25) is 0 Å². The van der Waals surface area contributed by atoms with Crippen LogP contribution in [0.3, 0.4) is 0 Å². The highest BCUT2D eigenvalue weighted by Gasteiger charge is 2.18. The summed E-state index contributed by atoms with van der Waals surface area (Å²) in [6.45, 7) is 7.36. The van der Waals surface area contributed by atoms with Gasteiger partial charge in [-0.15, -0.1) is 19.0 Å². The van der Waals surface area contributed by atoms with Crippen molar-refractivity contribution < 1.29 is 15.0 Å². The van der Waals surface area contributed by atoms with E-state index in [4.69, 9.17) is 10.8 Å². The van der Waals surface area contributed by atoms with Gasteiger partial charge >= 0.3 is 5.97 Å². The summed E-state index contributed by atoms with van der Waals surface area (Å²) in [5.74, 6) is -1.41. The molecule has 1 aromatic carbocycles. The van der Waals surface area contributed by atoms with Crippen LogP contribution >= 0.6 is 12.4 Å². The largest absolute Gasteiger partial charge is 0.507 e. The SMILES string of the molecule is C=C(C)C[C@@H](N)c1cc(C)cc(C(=O)O)c1O.Cl. The molecule has 0 aliphatic carbocycles. The predicted molar refractivity (Wildman–Crippen MR) is 73.4 cm³/mol. The number of hydrogen-bond acceptors (Lipinski definition) is 3. The third-order valence-electron chi connectivity index (χ3n) is 2.48. The summed E-state index contributed by atoms with van der Waals surface area (Å²) in [6.07, 6.45) is 0.510. The van der Waals surface area contributed by atoms with Gasteiger partial charge in [-0.2, -0.15) is 0 Å². The van der Waals surface area contributed by atoms with Gasteiger partial charge in [0.05, 0.1) is 0 Å². The highest BCUT2D eigenvalue weighted by atomic mass is 35.5. The maximum atomic E-state index is 11.0. The molecule has 4 nitrogen and oxygen atoms in total. The number of aryl methyl sites for hydroxylation is 1. The molecule has 100 valence electrons. The number of nitrogens with two attached hydrogens (primary N) is 1. The van der Waals surface area contributed by atoms with Gasteiger partial charge in [0, 0.05) is 11.6 Å². The number of aromatic hydroxyl groups is 1. The number of benzene rings is 1. The minimum atomic E-state index is -1.16. The minimum absolute atomic E-state index is 0. The zero-order valence-corrected chi connectivity index (χ0v) is 11.3. The minimum Gasteiger partial charge on any atom is -0.507 e. The number of halogens is 1. The molecule has 0 amide bonds. The summed E-state index contributed by atoms with van der Waals surface area (Å²) in [7, 11) is 0. The monoisotopic (exact) mass is 271 g/mol. The second kappa shape index (κ2) is 6.42. The molecule has 0 heterocycles. The van der Waals surface area contributed by atoms with Crippen molar-refractivity contribution in [2.24, 2.45) is 5.73 Å². The van der Waals surface area contributed by atoms with Gasteiger partial charge in [-0.1, -0.05) is 11.6 Å². The summed E-state index contributed by atoms with van der Waals surface area (Å²) < 4.78 is 0. The van der Waals surface area contributed by atoms with E-state index < -0.39 is 12.0 Å². The quantitative estimate of drug-likeness (QED) is 0.735. The third-order valence-corrected chi connectivity index (χ3v) is 2.48. The highest BCUT2D eigenvalue weighted by molar-refractivity contribution is 5.91. The molecule has 0 fully saturated rings. The van der Waals surface area contributed by atoms with E-state index in [9.17, 15) is 9.90 Å². The van der Waals surface area contributed by atoms with E-state index in [0.29, 0.717) is 12.0 Å². The highest BCUT2D eigenvalue weighted by Crippen LogP contribution is 2.31. The van der Waals surface area contributed by atoms with Crippen LogP contribution in [0.25, 0.3) is 0 Å². The molecule has 1 aromatic rings. The topological polar surface area (TPSA) is 83.6 Å². The summed E-state index contributed by atoms with van der Waals surface area (Å²) >= 11 is 0. The van der Waals surface area contributed by atoms with E-state index in [2.05, 4.69) is 6.58 Å². The molecule has 0 radical (unpaired) electrons. The lowest BCUT2D eigenvalue weighted by atomic mass is 9.96. The Morgan fingerprint density at radius 2 is 2.06 bits per heavy atom. The van der Waals surface area contributed by atoms with Crippen molar-refractivity contribution in [2.45, 2.75) is 26.3 Å². The first-order valence-electron chi connectivity index (χ1n) is 5.29. The fraction of sp³-hybridized carbons (Fsp3) is 0.308. The van der Waals surface area contributed by atoms with Gasteiger partial charge in [0.1, 0.15) is 11.3 Å². The van der Waals surface area contributed by atoms with E-state index in [-0.39, 0.29) is 23.7 Å². The van der Waals surface area contributed by atoms with Crippen LogP contribution in [-0.4, -0.2) is 16.2 Å². The Hall–Kier alpha value is -1.52. The number of phenols is 1. The van der Waals surface area contributed by atoms with Gasteiger partial charge in [0.2, 0.25) is 0 Å². The fourth-order valence-corrected chi connectivity index (χ4v) is 1.74. The van der Waals surface area contributed by atoms with E-state index in [1.54, 1.807) is 13.0 Å². The zero-order valence-electron chi connectivity index (χ0n) is 10.4. The summed E-state index contributed by atoms with van der Waals surface area (Å²) in [6, 6.07) is 2.69. The second-order valence-corrected chi connectivity index (χ2v) is 4.32. The first-order valence-corrected chi connectivity index (χ1v) is 5.29. The normalized spacial score (nSPS) is 11.5. The Balaban J connectivity index is 0.00000289. The molecule has 0 saturated heterocycles. The molecule has 0 spiro atoms. The molecule has 0 bridgehead atoms. The van der Waals surface area contributed by atoms with Crippen LogP contribution in [0, 0.1) is 6.92 Å². The number of rotatable bonds is 4. The molecule has 0 aliphatic heterocycles. The van der Waals surface area contributed by atoms with Crippen molar-refractivity contribution in [2.75, 3.05) is 0 Å². The summed E-state index contributed by atoms with van der Waals surface area (Å²) in [4.78, 5) is 11.0. The van der Waals surface area contributed by atoms with E-state index in [1.165, 1.54) is 6.07 Å². The molecule has 0 aliphatic rings. The van der Waals surface area contributed by atoms with Crippen LogP contribution in [0.2, 0.25) is 0 Å². The first kappa shape index (κ1) is 16.5. The van der Waals surface area contributed by atoms with Crippen LogP contribution in [0.5, 0.6) is 5.75 Å². The van der Waals surface area contributed by atoms with Crippen LogP contribution in [-0.2, 0) is 0 Å². The Bertz CT molecular complexity index is 472. The Labute approximate surface area is 113 Å². The van der Waals surface area contributed by atoms with Gasteiger partial charge < -0.3 is 15.9 Å². The Morgan fingerprint density at radius 1 is 1.50 bits per heavy atom. The van der Waals surface area contributed by atoms with Crippen molar-refractivity contribution in [1.82, 2.24) is 0 Å². The maximum Gasteiger partial charge on any atom is 0.339 e. The Kier molecular flexibility index (Phi) is 5.88. The van der Waals surface area contributed by atoms with Gasteiger partial charge in [0.25, 0.3) is 0 Å². The first-order chi connectivity index (χ1) is 7.82. The number of hydrogen-bond donors (Lipinski definition) is 3. The third kappa shape index (κ3) is 3.75.